The Kier molecular flexibility index (Phi) is 35.1. The predicted octanol–water partition coefficient (Wildman–Crippen LogP) is 5.07. The van der Waals surface area contributed by atoms with Crippen LogP contribution in [-0.4, -0.2) is 245 Å². The van der Waals surface area contributed by atoms with E-state index in [1.54, 1.807) is 93.8 Å². The van der Waals surface area contributed by atoms with E-state index in [0.29, 0.717) is 61.2 Å². The Bertz CT molecular complexity index is 4430. The van der Waals surface area contributed by atoms with Gasteiger partial charge in [-0.05, 0) is 125 Å². The minimum absolute atomic E-state index is 0.0125. The number of phenols is 1. The van der Waals surface area contributed by atoms with Gasteiger partial charge in [-0.1, -0.05) is 147 Å². The van der Waals surface area contributed by atoms with Crippen LogP contribution in [0.5, 0.6) is 11.5 Å². The molecule has 5 aliphatic rings. The lowest BCUT2D eigenvalue weighted by atomic mass is 9.72. The lowest BCUT2D eigenvalue weighted by molar-refractivity contribution is -0.328. The molecule has 0 saturated carbocycles. The third-order valence-corrected chi connectivity index (χ3v) is 27.0. The summed E-state index contributed by atoms with van der Waals surface area (Å²) < 4.78 is 30.1. The van der Waals surface area contributed by atoms with Crippen molar-refractivity contribution in [3.05, 3.63) is 137 Å². The first kappa shape index (κ1) is 95.0. The number of para-hydroxylation sites is 1. The molecule has 37 heteroatoms. The molecular weight excluding hydrogens is 1650 g/mol. The molecule has 10 amide bonds. The standard InChI is InChI=1S/C83H112ClN13O19S4/c1-47-19-18-25-65(113-9)83(111)42-67(115-80(110)95-83)82(5)46-81(4,116-82)66(41-69(101)97(7)63-38-52(35-47)39-64(112-8)70(63)84)114-79(109)48(2)96(6)68(100)30-33-117-118-34-32-87-73(103)61-44-119-120-45-62(92-72(102)56(86)36-50-20-12-10-13-21-50)77(107)90-59(37-51-26-28-54(99)29-27-51)75(105)91-60(40-53-43-88-57-23-16-15-22-55(53)57)76(106)89-58(24-14-11-17-31-85)74(104)94-71(49(3)98)78(108)93-61/h10,12-13,15-16,18,20-23,25-29,38-39,43,47-49,56,58-62,65-67,71,88,98-99,111H,11,14,17,19,24,30-37,40-42,44-46,85-86H2,1-9H3,(H,87,103)(H,89,106)(H,90,107)(H,91,105)(H,92,102)(H,93,108)(H,94,104)(H,95,110)/b25-18+/t47?,48-,49+,56+,58-,59-,60+,61-,62-,65+,66-,67-,71-,81+,82-,83-/m0/s1. The number of allylic oxidation sites excluding steroid dienone is 1. The van der Waals surface area contributed by atoms with Gasteiger partial charge in [-0.15, -0.1) is 0 Å². The number of aromatic hydroxyl groups is 1. The van der Waals surface area contributed by atoms with Crippen LogP contribution in [0.1, 0.15) is 115 Å². The number of nitrogens with one attached hydrogen (secondary N) is 9. The Morgan fingerprint density at radius 2 is 1.48 bits per heavy atom. The summed E-state index contributed by atoms with van der Waals surface area (Å²) in [6.07, 6.45) is 1.10. The molecule has 1 unspecified atom stereocenters. The van der Waals surface area contributed by atoms with E-state index in [-0.39, 0.29) is 91.2 Å². The number of amides is 10. The first-order chi connectivity index (χ1) is 57.1. The third kappa shape index (κ3) is 25.9. The number of aromatic amines is 1. The van der Waals surface area contributed by atoms with Crippen LogP contribution in [-0.2, 0) is 92.6 Å². The molecule has 0 spiro atoms. The number of nitrogens with two attached hydrogens (primary N) is 2. The van der Waals surface area contributed by atoms with Crippen molar-refractivity contribution in [3.63, 3.8) is 0 Å². The maximum Gasteiger partial charge on any atom is 0.409 e. The minimum Gasteiger partial charge on any atom is -0.508 e. The fourth-order valence-electron chi connectivity index (χ4n) is 14.8. The molecule has 0 radical (unpaired) electrons. The lowest BCUT2D eigenvalue weighted by Gasteiger charge is -2.59. The number of halogens is 1. The highest BCUT2D eigenvalue weighted by atomic mass is 35.5. The number of rotatable bonds is 27. The van der Waals surface area contributed by atoms with Gasteiger partial charge in [0.05, 0.1) is 31.4 Å². The minimum atomic E-state index is -1.93. The number of esters is 1. The molecule has 6 bridgehead atoms. The zero-order valence-electron chi connectivity index (χ0n) is 68.8. The van der Waals surface area contributed by atoms with Crippen molar-refractivity contribution in [2.24, 2.45) is 17.4 Å². The molecule has 10 rings (SSSR count). The number of hydrogen-bond acceptors (Lipinski definition) is 25. The number of phenolic OH excluding ortho intramolecular Hbond substituents is 1. The van der Waals surface area contributed by atoms with Crippen molar-refractivity contribution in [1.29, 1.82) is 0 Å². The summed E-state index contributed by atoms with van der Waals surface area (Å²) in [7, 11) is 10.5. The molecule has 1 aromatic heterocycles. The van der Waals surface area contributed by atoms with Gasteiger partial charge < -0.3 is 102 Å². The zero-order chi connectivity index (χ0) is 87.2. The number of benzene rings is 4. The van der Waals surface area contributed by atoms with Gasteiger partial charge in [0.15, 0.2) is 5.72 Å². The molecule has 32 nitrogen and oxygen atoms in total. The smallest absolute Gasteiger partial charge is 0.409 e. The monoisotopic (exact) mass is 1760 g/mol. The summed E-state index contributed by atoms with van der Waals surface area (Å²) in [4.78, 5) is 165. The van der Waals surface area contributed by atoms with Crippen LogP contribution >= 0.6 is 54.8 Å². The summed E-state index contributed by atoms with van der Waals surface area (Å²) >= 11 is 6.91. The van der Waals surface area contributed by atoms with Gasteiger partial charge in [0.2, 0.25) is 53.2 Å². The number of aliphatic hydroxyl groups excluding tert-OH is 1. The first-order valence-electron chi connectivity index (χ1n) is 39.9. The second-order valence-electron chi connectivity index (χ2n) is 31.2. The molecule has 4 aromatic carbocycles. The number of likely N-dealkylation sites (N-methyl/N-ethyl adjacent to an activating group) is 1. The van der Waals surface area contributed by atoms with Gasteiger partial charge in [-0.2, -0.15) is 0 Å². The van der Waals surface area contributed by atoms with Crippen LogP contribution < -0.4 is 63.6 Å². The molecule has 16 N–H and O–H groups in total. The molecular formula is C83H112ClN13O19S4. The van der Waals surface area contributed by atoms with Crippen molar-refractivity contribution in [2.75, 3.05) is 69.3 Å². The molecule has 3 saturated heterocycles. The van der Waals surface area contributed by atoms with E-state index >= 15 is 9.59 Å². The van der Waals surface area contributed by atoms with Crippen molar-refractivity contribution in [1.82, 2.24) is 52.4 Å². The van der Waals surface area contributed by atoms with Crippen LogP contribution in [0.15, 0.2) is 109 Å². The lowest BCUT2D eigenvalue weighted by Crippen LogP contribution is -2.72. The van der Waals surface area contributed by atoms with Crippen molar-refractivity contribution in [3.8, 4) is 11.5 Å². The van der Waals surface area contributed by atoms with Gasteiger partial charge in [0, 0.05) is 100.0 Å². The Morgan fingerprint density at radius 3 is 2.17 bits per heavy atom. The van der Waals surface area contributed by atoms with E-state index in [0.717, 1.165) is 43.6 Å². The second-order valence-corrected chi connectivity index (χ2v) is 36.9. The van der Waals surface area contributed by atoms with Gasteiger partial charge in [-0.3, -0.25) is 48.5 Å². The molecule has 16 atom stereocenters. The first-order valence-corrected chi connectivity index (χ1v) is 45.3. The van der Waals surface area contributed by atoms with Gasteiger partial charge in [0.1, 0.15) is 88.3 Å². The molecule has 654 valence electrons. The normalized spacial score (nSPS) is 26.7. The van der Waals surface area contributed by atoms with Crippen LogP contribution in [0.2, 0.25) is 5.02 Å². The average molecular weight is 1760 g/mol. The van der Waals surface area contributed by atoms with Gasteiger partial charge in [-0.25, -0.2) is 9.59 Å². The number of aromatic nitrogens is 1. The van der Waals surface area contributed by atoms with E-state index in [4.69, 9.17) is 46.8 Å². The molecule has 120 heavy (non-hydrogen) atoms. The number of unbranched alkanes of at least 4 members (excludes halogenated alkanes) is 2. The van der Waals surface area contributed by atoms with Crippen LogP contribution in [0.25, 0.3) is 10.9 Å². The number of alkyl carbamates (subject to hydrolysis) is 1. The van der Waals surface area contributed by atoms with Crippen molar-refractivity contribution < 1.29 is 91.7 Å². The summed E-state index contributed by atoms with van der Waals surface area (Å²) in [5.41, 5.74) is 11.4. The van der Waals surface area contributed by atoms with Crippen LogP contribution in [0, 0.1) is 5.92 Å². The number of nitrogens with zero attached hydrogens (tertiary/aromatic N) is 2. The predicted molar refractivity (Wildman–Crippen MR) is 461 cm³/mol. The second kappa shape index (κ2) is 44.3. The SMILES string of the molecule is COc1cc2cc(c1Cl)N(C)C(=O)C[C@H](OC(=O)[C@H](C)N(C)C(=O)CCSSCCNC(=O)[C@@H]1CSSC[C@H](NC(=O)[C@H](N)Cc3ccccc3)C(=O)N[C@@H](Cc3ccc(O)cc3)C(=O)N[C@H](Cc3c[nH]c4ccccc34)C(=O)N[C@@H](CCCCCN)C(=O)N[C@@H]([C@@H](C)O)C(=O)N1)[C@@]1(C)C[C@](C)(O1)[C@@H]1C[C@@](O)(NC(=O)O1)[C@H](OC)/C=C/CC(C)C2. The van der Waals surface area contributed by atoms with Crippen molar-refractivity contribution >= 4 is 137 Å². The van der Waals surface area contributed by atoms with E-state index in [1.807, 2.05) is 31.2 Å². The fraction of sp³-hybridized carbons (Fsp3) is 0.530. The number of methoxy groups -OCH3 is 2. The Labute approximate surface area is 719 Å². The highest BCUT2D eigenvalue weighted by Gasteiger charge is 2.63. The Hall–Kier alpha value is -8.82. The summed E-state index contributed by atoms with van der Waals surface area (Å²) in [5.74, 6) is -7.22. The number of ether oxygens (including phenoxy) is 5. The highest BCUT2D eigenvalue weighted by Crippen LogP contribution is 2.51. The number of hydrogen-bond donors (Lipinski definition) is 14. The Balaban J connectivity index is 0.884. The number of carbonyl (C=O) groups is 11. The topological polar surface area (TPSA) is 465 Å². The molecule has 6 heterocycles. The van der Waals surface area contributed by atoms with Gasteiger partial charge in [0.25, 0.3) is 0 Å². The van der Waals surface area contributed by atoms with Crippen LogP contribution in [0.3, 0.4) is 0 Å². The molecule has 3 fully saturated rings. The zero-order valence-corrected chi connectivity index (χ0v) is 72.8. The van der Waals surface area contributed by atoms with E-state index in [1.165, 1.54) is 78.6 Å². The van der Waals surface area contributed by atoms with Gasteiger partial charge >= 0.3 is 12.1 Å². The third-order valence-electron chi connectivity index (χ3n) is 21.8. The molecule has 5 aromatic rings. The van der Waals surface area contributed by atoms with E-state index in [9.17, 15) is 58.5 Å². The number of aliphatic hydroxyl groups is 2. The number of fused-ring (bicyclic) bond motifs is 8. The van der Waals surface area contributed by atoms with E-state index in [2.05, 4.69) is 47.5 Å². The maximum atomic E-state index is 15.1. The average Bonchev–Trinajstić information content (AvgIpc) is 0.790. The number of H-pyrrole nitrogens is 1. The largest absolute Gasteiger partial charge is 0.508 e. The fourth-order valence-corrected chi connectivity index (χ4v) is 19.4. The summed E-state index contributed by atoms with van der Waals surface area (Å²) in [6.45, 7) is 8.46. The quantitative estimate of drug-likeness (QED) is 0.0141. The van der Waals surface area contributed by atoms with Crippen molar-refractivity contribution in [2.45, 2.75) is 208 Å². The number of carbonyl (C=O) groups excluding carboxylic acids is 11. The Morgan fingerprint density at radius 1 is 0.808 bits per heavy atom. The molecule has 0 aliphatic carbocycles. The highest BCUT2D eigenvalue weighted by molar-refractivity contribution is 8.77. The van der Waals surface area contributed by atoms with E-state index < -0.39 is 161 Å². The summed E-state index contributed by atoms with van der Waals surface area (Å²) in [6, 6.07) is 14.6. The summed E-state index contributed by atoms with van der Waals surface area (Å²) in [5, 5.41) is 56.3. The van der Waals surface area contributed by atoms with Crippen LogP contribution in [0.4, 0.5) is 10.5 Å². The molecule has 5 aliphatic heterocycles. The number of anilines is 1. The maximum absolute atomic E-state index is 15.1.